The maximum Gasteiger partial charge on any atom is 0.148 e. The van der Waals surface area contributed by atoms with Gasteiger partial charge in [0.1, 0.15) is 18.1 Å². The topological polar surface area (TPSA) is 30.5 Å². The SMILES string of the molecule is CCOc1ccc(NCc2cc(Br)c(OCc3ccccc3)c(Br)c2)cc1. The average molecular weight is 491 g/mol. The molecule has 0 aromatic heterocycles. The number of rotatable bonds is 8. The van der Waals surface area contributed by atoms with Gasteiger partial charge in [-0.05, 0) is 86.3 Å². The van der Waals surface area contributed by atoms with Gasteiger partial charge in [-0.2, -0.15) is 0 Å². The van der Waals surface area contributed by atoms with Gasteiger partial charge in [-0.15, -0.1) is 0 Å². The second kappa shape index (κ2) is 9.81. The van der Waals surface area contributed by atoms with E-state index in [1.54, 1.807) is 0 Å². The van der Waals surface area contributed by atoms with Crippen LogP contribution < -0.4 is 14.8 Å². The Morgan fingerprint density at radius 1 is 0.815 bits per heavy atom. The quantitative estimate of drug-likeness (QED) is 0.376. The van der Waals surface area contributed by atoms with Gasteiger partial charge in [0.05, 0.1) is 15.6 Å². The van der Waals surface area contributed by atoms with Gasteiger partial charge < -0.3 is 14.8 Å². The van der Waals surface area contributed by atoms with E-state index in [9.17, 15) is 0 Å². The molecule has 0 aliphatic heterocycles. The minimum absolute atomic E-state index is 0.530. The van der Waals surface area contributed by atoms with Crippen molar-refractivity contribution in [2.75, 3.05) is 11.9 Å². The standard InChI is InChI=1S/C22H21Br2NO2/c1-2-26-19-10-8-18(9-11-19)25-14-17-12-20(23)22(21(24)13-17)27-15-16-6-4-3-5-7-16/h3-13,25H,2,14-15H2,1H3. The summed E-state index contributed by atoms with van der Waals surface area (Å²) >= 11 is 7.25. The third-order valence-electron chi connectivity index (χ3n) is 3.95. The summed E-state index contributed by atoms with van der Waals surface area (Å²) in [6.45, 7) is 3.90. The van der Waals surface area contributed by atoms with E-state index in [1.807, 2.05) is 49.4 Å². The second-order valence-electron chi connectivity index (χ2n) is 5.97. The van der Waals surface area contributed by atoms with E-state index in [2.05, 4.69) is 61.4 Å². The fourth-order valence-corrected chi connectivity index (χ4v) is 4.13. The summed E-state index contributed by atoms with van der Waals surface area (Å²) in [7, 11) is 0. The first-order valence-corrected chi connectivity index (χ1v) is 10.4. The molecule has 5 heteroatoms. The molecule has 27 heavy (non-hydrogen) atoms. The van der Waals surface area contributed by atoms with Crippen LogP contribution in [-0.4, -0.2) is 6.61 Å². The molecule has 0 atom stereocenters. The minimum Gasteiger partial charge on any atom is -0.494 e. The van der Waals surface area contributed by atoms with Crippen molar-refractivity contribution in [3.05, 3.63) is 86.8 Å². The highest BCUT2D eigenvalue weighted by atomic mass is 79.9. The molecule has 0 saturated carbocycles. The predicted octanol–water partition coefficient (Wildman–Crippen LogP) is 6.80. The number of nitrogens with one attached hydrogen (secondary N) is 1. The Morgan fingerprint density at radius 3 is 2.11 bits per heavy atom. The van der Waals surface area contributed by atoms with Crippen LogP contribution in [0.4, 0.5) is 5.69 Å². The Bertz CT molecular complexity index is 844. The minimum atomic E-state index is 0.530. The first-order chi connectivity index (χ1) is 13.2. The molecule has 0 saturated heterocycles. The van der Waals surface area contributed by atoms with E-state index >= 15 is 0 Å². The van der Waals surface area contributed by atoms with Crippen molar-refractivity contribution in [3.63, 3.8) is 0 Å². The molecule has 0 bridgehead atoms. The molecule has 3 rings (SSSR count). The lowest BCUT2D eigenvalue weighted by atomic mass is 10.2. The van der Waals surface area contributed by atoms with E-state index in [0.29, 0.717) is 19.8 Å². The maximum absolute atomic E-state index is 5.98. The Kier molecular flexibility index (Phi) is 7.18. The van der Waals surface area contributed by atoms with E-state index in [-0.39, 0.29) is 0 Å². The number of benzene rings is 3. The summed E-state index contributed by atoms with van der Waals surface area (Å²) in [6, 6.07) is 22.3. The van der Waals surface area contributed by atoms with Crippen LogP contribution in [0.1, 0.15) is 18.1 Å². The molecule has 3 nitrogen and oxygen atoms in total. The third kappa shape index (κ3) is 5.75. The predicted molar refractivity (Wildman–Crippen MR) is 118 cm³/mol. The lowest BCUT2D eigenvalue weighted by Gasteiger charge is -2.13. The van der Waals surface area contributed by atoms with Crippen LogP contribution in [0.15, 0.2) is 75.7 Å². The highest BCUT2D eigenvalue weighted by Crippen LogP contribution is 2.35. The van der Waals surface area contributed by atoms with Crippen LogP contribution in [0.2, 0.25) is 0 Å². The van der Waals surface area contributed by atoms with Gasteiger partial charge in [-0.1, -0.05) is 30.3 Å². The van der Waals surface area contributed by atoms with Crippen molar-refractivity contribution in [2.45, 2.75) is 20.1 Å². The highest BCUT2D eigenvalue weighted by Gasteiger charge is 2.09. The smallest absolute Gasteiger partial charge is 0.148 e. The van der Waals surface area contributed by atoms with E-state index in [0.717, 1.165) is 37.3 Å². The first-order valence-electron chi connectivity index (χ1n) is 8.77. The fraction of sp³-hybridized carbons (Fsp3) is 0.182. The first kappa shape index (κ1) is 19.8. The molecule has 0 spiro atoms. The van der Waals surface area contributed by atoms with Gasteiger partial charge in [-0.25, -0.2) is 0 Å². The van der Waals surface area contributed by atoms with Crippen molar-refractivity contribution in [3.8, 4) is 11.5 Å². The zero-order chi connectivity index (χ0) is 19.1. The van der Waals surface area contributed by atoms with Crippen LogP contribution in [0.5, 0.6) is 11.5 Å². The molecule has 0 fully saturated rings. The molecule has 0 unspecified atom stereocenters. The molecule has 140 valence electrons. The number of ether oxygens (including phenoxy) is 2. The van der Waals surface area contributed by atoms with Crippen LogP contribution in [0, 0.1) is 0 Å². The van der Waals surface area contributed by atoms with Gasteiger partial charge in [-0.3, -0.25) is 0 Å². The van der Waals surface area contributed by atoms with Crippen molar-refractivity contribution in [1.82, 2.24) is 0 Å². The summed E-state index contributed by atoms with van der Waals surface area (Å²) < 4.78 is 13.3. The van der Waals surface area contributed by atoms with E-state index in [1.165, 1.54) is 0 Å². The summed E-state index contributed by atoms with van der Waals surface area (Å²) in [5.41, 5.74) is 3.34. The monoisotopic (exact) mass is 489 g/mol. The largest absolute Gasteiger partial charge is 0.494 e. The van der Waals surface area contributed by atoms with E-state index < -0.39 is 0 Å². The Labute approximate surface area is 177 Å². The number of hydrogen-bond acceptors (Lipinski definition) is 3. The maximum atomic E-state index is 5.98. The molecule has 1 N–H and O–H groups in total. The molecule has 0 heterocycles. The Hall–Kier alpha value is -1.98. The van der Waals surface area contributed by atoms with Crippen LogP contribution in [0.25, 0.3) is 0 Å². The molecule has 0 aliphatic carbocycles. The molecule has 3 aromatic rings. The third-order valence-corrected chi connectivity index (χ3v) is 5.12. The zero-order valence-electron chi connectivity index (χ0n) is 15.0. The highest BCUT2D eigenvalue weighted by molar-refractivity contribution is 9.11. The average Bonchev–Trinajstić information content (AvgIpc) is 2.68. The molecule has 0 radical (unpaired) electrons. The van der Waals surface area contributed by atoms with Crippen LogP contribution in [0.3, 0.4) is 0 Å². The van der Waals surface area contributed by atoms with Gasteiger partial charge in [0.2, 0.25) is 0 Å². The van der Waals surface area contributed by atoms with Crippen molar-refractivity contribution in [1.29, 1.82) is 0 Å². The number of hydrogen-bond donors (Lipinski definition) is 1. The van der Waals surface area contributed by atoms with Gasteiger partial charge in [0.15, 0.2) is 0 Å². The normalized spacial score (nSPS) is 10.5. The van der Waals surface area contributed by atoms with E-state index in [4.69, 9.17) is 9.47 Å². The molecule has 0 amide bonds. The summed E-state index contributed by atoms with van der Waals surface area (Å²) in [6.07, 6.45) is 0. The molecular weight excluding hydrogens is 470 g/mol. The van der Waals surface area contributed by atoms with Crippen LogP contribution in [-0.2, 0) is 13.2 Å². The Balaban J connectivity index is 1.62. The summed E-state index contributed by atoms with van der Waals surface area (Å²) in [4.78, 5) is 0. The zero-order valence-corrected chi connectivity index (χ0v) is 18.2. The number of halogens is 2. The van der Waals surface area contributed by atoms with Crippen molar-refractivity contribution < 1.29 is 9.47 Å². The lowest BCUT2D eigenvalue weighted by Crippen LogP contribution is -2.01. The molecule has 0 aliphatic rings. The van der Waals surface area contributed by atoms with Crippen molar-refractivity contribution in [2.24, 2.45) is 0 Å². The second-order valence-corrected chi connectivity index (χ2v) is 7.68. The van der Waals surface area contributed by atoms with Crippen LogP contribution >= 0.6 is 31.9 Å². The summed E-state index contributed by atoms with van der Waals surface area (Å²) in [5.74, 6) is 1.69. The van der Waals surface area contributed by atoms with Gasteiger partial charge in [0.25, 0.3) is 0 Å². The number of anilines is 1. The Morgan fingerprint density at radius 2 is 1.48 bits per heavy atom. The van der Waals surface area contributed by atoms with Crippen molar-refractivity contribution >= 4 is 37.5 Å². The van der Waals surface area contributed by atoms with Gasteiger partial charge in [0, 0.05) is 12.2 Å². The molecular formula is C22H21Br2NO2. The fourth-order valence-electron chi connectivity index (χ4n) is 2.62. The van der Waals surface area contributed by atoms with Gasteiger partial charge >= 0.3 is 0 Å². The molecule has 3 aromatic carbocycles. The summed E-state index contributed by atoms with van der Waals surface area (Å²) in [5, 5.41) is 3.42. The lowest BCUT2D eigenvalue weighted by molar-refractivity contribution is 0.302.